The Labute approximate surface area is 158 Å². The van der Waals surface area contributed by atoms with E-state index in [-0.39, 0.29) is 0 Å². The van der Waals surface area contributed by atoms with Crippen LogP contribution in [0.15, 0.2) is 78.9 Å². The van der Waals surface area contributed by atoms with Gasteiger partial charge in [-0.1, -0.05) is 77.8 Å². The SMILES string of the molecule is O[C@@](C[NH2+]Cc1cccc(Cl)c1)(c1ccccc1)c1ccc(Cl)cc1. The van der Waals surface area contributed by atoms with Gasteiger partial charge in [-0.25, -0.2) is 0 Å². The van der Waals surface area contributed by atoms with E-state index in [0.717, 1.165) is 28.3 Å². The van der Waals surface area contributed by atoms with Gasteiger partial charge in [-0.05, 0) is 35.4 Å². The van der Waals surface area contributed by atoms with Crippen LogP contribution in [0, 0.1) is 0 Å². The van der Waals surface area contributed by atoms with Crippen molar-refractivity contribution in [2.24, 2.45) is 0 Å². The second-order valence-corrected chi connectivity index (χ2v) is 6.93. The van der Waals surface area contributed by atoms with Crippen molar-refractivity contribution in [3.63, 3.8) is 0 Å². The van der Waals surface area contributed by atoms with Gasteiger partial charge in [0, 0.05) is 15.6 Å². The standard InChI is InChI=1S/C21H19Cl2NO/c22-19-11-9-18(10-12-19)21(25,17-6-2-1-3-7-17)15-24-14-16-5-4-8-20(23)13-16/h1-13,24-25H,14-15H2/p+1/t21-/m0/s1. The predicted octanol–water partition coefficient (Wildman–Crippen LogP) is 3.99. The van der Waals surface area contributed by atoms with Gasteiger partial charge >= 0.3 is 0 Å². The smallest absolute Gasteiger partial charge is 0.163 e. The highest BCUT2D eigenvalue weighted by molar-refractivity contribution is 6.30. The van der Waals surface area contributed by atoms with Crippen LogP contribution in [0.3, 0.4) is 0 Å². The molecule has 0 saturated heterocycles. The Morgan fingerprint density at radius 2 is 1.44 bits per heavy atom. The first kappa shape index (κ1) is 18.0. The topological polar surface area (TPSA) is 36.8 Å². The summed E-state index contributed by atoms with van der Waals surface area (Å²) in [7, 11) is 0. The zero-order chi connectivity index (χ0) is 17.7. The van der Waals surface area contributed by atoms with Crippen molar-refractivity contribution in [1.82, 2.24) is 0 Å². The summed E-state index contributed by atoms with van der Waals surface area (Å²) < 4.78 is 0. The average molecular weight is 373 g/mol. The average Bonchev–Trinajstić information content (AvgIpc) is 2.63. The maximum atomic E-state index is 11.5. The molecule has 0 unspecified atom stereocenters. The third-order valence-corrected chi connectivity index (χ3v) is 4.77. The van der Waals surface area contributed by atoms with Crippen LogP contribution < -0.4 is 5.32 Å². The summed E-state index contributed by atoms with van der Waals surface area (Å²) in [6.07, 6.45) is 0. The number of hydrogen-bond acceptors (Lipinski definition) is 1. The van der Waals surface area contributed by atoms with E-state index in [9.17, 15) is 5.11 Å². The molecule has 3 aromatic rings. The maximum absolute atomic E-state index is 11.5. The Morgan fingerprint density at radius 3 is 2.12 bits per heavy atom. The first-order chi connectivity index (χ1) is 12.1. The van der Waals surface area contributed by atoms with E-state index in [2.05, 4.69) is 5.32 Å². The minimum absolute atomic E-state index is 0.491. The molecule has 0 aliphatic heterocycles. The minimum Gasteiger partial charge on any atom is -0.375 e. The van der Waals surface area contributed by atoms with Gasteiger partial charge in [-0.3, -0.25) is 0 Å². The summed E-state index contributed by atoms with van der Waals surface area (Å²) in [4.78, 5) is 0. The molecule has 0 aliphatic carbocycles. The number of benzene rings is 3. The second kappa shape index (κ2) is 8.03. The molecule has 128 valence electrons. The van der Waals surface area contributed by atoms with Crippen LogP contribution in [-0.4, -0.2) is 11.7 Å². The summed E-state index contributed by atoms with van der Waals surface area (Å²) in [5, 5.41) is 14.9. The number of hydrogen-bond donors (Lipinski definition) is 2. The first-order valence-corrected chi connectivity index (χ1v) is 8.93. The molecule has 0 bridgehead atoms. The molecular formula is C21H20Cl2NO+. The van der Waals surface area contributed by atoms with E-state index < -0.39 is 5.60 Å². The van der Waals surface area contributed by atoms with Crippen molar-refractivity contribution in [1.29, 1.82) is 0 Å². The Balaban J connectivity index is 1.83. The molecule has 1 atom stereocenters. The number of quaternary nitrogens is 1. The van der Waals surface area contributed by atoms with Crippen LogP contribution in [-0.2, 0) is 12.1 Å². The molecule has 0 amide bonds. The van der Waals surface area contributed by atoms with E-state index in [4.69, 9.17) is 23.2 Å². The molecular weight excluding hydrogens is 353 g/mol. The van der Waals surface area contributed by atoms with Gasteiger partial charge in [-0.15, -0.1) is 0 Å². The normalized spacial score (nSPS) is 13.4. The lowest BCUT2D eigenvalue weighted by atomic mass is 9.86. The third-order valence-electron chi connectivity index (χ3n) is 4.28. The van der Waals surface area contributed by atoms with E-state index in [0.29, 0.717) is 11.6 Å². The van der Waals surface area contributed by atoms with Crippen LogP contribution >= 0.6 is 23.2 Å². The van der Waals surface area contributed by atoms with Crippen molar-refractivity contribution in [2.75, 3.05) is 6.54 Å². The number of aliphatic hydroxyl groups is 1. The highest BCUT2D eigenvalue weighted by atomic mass is 35.5. The number of rotatable bonds is 6. The Morgan fingerprint density at radius 1 is 0.760 bits per heavy atom. The van der Waals surface area contributed by atoms with Crippen molar-refractivity contribution in [3.05, 3.63) is 106 Å². The maximum Gasteiger partial charge on any atom is 0.163 e. The molecule has 4 heteroatoms. The Kier molecular flexibility index (Phi) is 5.77. The Bertz CT molecular complexity index is 821. The molecule has 0 heterocycles. The molecule has 25 heavy (non-hydrogen) atoms. The molecule has 0 aromatic heterocycles. The molecule has 0 fully saturated rings. The van der Waals surface area contributed by atoms with Crippen molar-refractivity contribution < 1.29 is 10.4 Å². The predicted molar refractivity (Wildman–Crippen MR) is 103 cm³/mol. The summed E-state index contributed by atoms with van der Waals surface area (Å²) in [6.45, 7) is 1.23. The van der Waals surface area contributed by atoms with Gasteiger partial charge in [0.05, 0.1) is 0 Å². The largest absolute Gasteiger partial charge is 0.375 e. The highest BCUT2D eigenvalue weighted by Gasteiger charge is 2.33. The first-order valence-electron chi connectivity index (χ1n) is 8.18. The third kappa shape index (κ3) is 4.42. The van der Waals surface area contributed by atoms with Gasteiger partial charge in [0.1, 0.15) is 13.1 Å². The number of nitrogens with two attached hydrogens (primary N) is 1. The molecule has 3 N–H and O–H groups in total. The second-order valence-electron chi connectivity index (χ2n) is 6.06. The molecule has 0 aliphatic rings. The molecule has 0 radical (unpaired) electrons. The monoisotopic (exact) mass is 372 g/mol. The molecule has 0 spiro atoms. The van der Waals surface area contributed by atoms with Gasteiger partial charge in [0.15, 0.2) is 5.60 Å². The highest BCUT2D eigenvalue weighted by Crippen LogP contribution is 2.29. The summed E-state index contributed by atoms with van der Waals surface area (Å²) in [6, 6.07) is 24.9. The minimum atomic E-state index is -1.09. The van der Waals surface area contributed by atoms with Crippen LogP contribution in [0.4, 0.5) is 0 Å². The molecule has 2 nitrogen and oxygen atoms in total. The lowest BCUT2D eigenvalue weighted by Crippen LogP contribution is -2.86. The van der Waals surface area contributed by atoms with E-state index in [1.54, 1.807) is 0 Å². The molecule has 3 aromatic carbocycles. The van der Waals surface area contributed by atoms with E-state index >= 15 is 0 Å². The molecule has 0 saturated carbocycles. The van der Waals surface area contributed by atoms with Gasteiger partial charge in [-0.2, -0.15) is 0 Å². The lowest BCUT2D eigenvalue weighted by Gasteiger charge is -2.28. The van der Waals surface area contributed by atoms with Gasteiger partial charge in [0.2, 0.25) is 0 Å². The van der Waals surface area contributed by atoms with Crippen LogP contribution in [0.2, 0.25) is 10.0 Å². The van der Waals surface area contributed by atoms with Crippen LogP contribution in [0.25, 0.3) is 0 Å². The summed E-state index contributed by atoms with van der Waals surface area (Å²) >= 11 is 12.0. The van der Waals surface area contributed by atoms with Gasteiger partial charge in [0.25, 0.3) is 0 Å². The quantitative estimate of drug-likeness (QED) is 0.674. The van der Waals surface area contributed by atoms with Crippen LogP contribution in [0.1, 0.15) is 16.7 Å². The zero-order valence-corrected chi connectivity index (χ0v) is 15.2. The van der Waals surface area contributed by atoms with Crippen molar-refractivity contribution in [3.8, 4) is 0 Å². The fourth-order valence-corrected chi connectivity index (χ4v) is 3.29. The fraction of sp³-hybridized carbons (Fsp3) is 0.143. The zero-order valence-electron chi connectivity index (χ0n) is 13.7. The summed E-state index contributed by atoms with van der Waals surface area (Å²) in [5.41, 5.74) is 1.72. The summed E-state index contributed by atoms with van der Waals surface area (Å²) in [5.74, 6) is 0. The Hall–Kier alpha value is -1.84. The van der Waals surface area contributed by atoms with Crippen LogP contribution in [0.5, 0.6) is 0 Å². The lowest BCUT2D eigenvalue weighted by molar-refractivity contribution is -0.682. The van der Waals surface area contributed by atoms with Crippen molar-refractivity contribution in [2.45, 2.75) is 12.1 Å². The van der Waals surface area contributed by atoms with Gasteiger partial charge < -0.3 is 10.4 Å². The number of halogens is 2. The van der Waals surface area contributed by atoms with E-state index in [1.165, 1.54) is 0 Å². The molecule has 3 rings (SSSR count). The van der Waals surface area contributed by atoms with Crippen molar-refractivity contribution >= 4 is 23.2 Å². The fourth-order valence-electron chi connectivity index (χ4n) is 2.95. The van der Waals surface area contributed by atoms with E-state index in [1.807, 2.05) is 78.9 Å².